The van der Waals surface area contributed by atoms with E-state index in [1.54, 1.807) is 0 Å². The van der Waals surface area contributed by atoms with Gasteiger partial charge in [-0.3, -0.25) is 0 Å². The van der Waals surface area contributed by atoms with Gasteiger partial charge in [-0.2, -0.15) is 0 Å². The van der Waals surface area contributed by atoms with E-state index in [9.17, 15) is 0 Å². The van der Waals surface area contributed by atoms with Crippen molar-refractivity contribution < 1.29 is 61.8 Å². The van der Waals surface area contributed by atoms with E-state index in [4.69, 9.17) is 15.0 Å². The Hall–Kier alpha value is 0.594. The van der Waals surface area contributed by atoms with E-state index in [0.717, 1.165) is 0 Å². The standard InChI is InChI=1S/CH2O3.H2O.Pr/c2-1(3)4;;/h(H2,2,3,4);1H2;/q;;+3. The number of hydrogen-bond acceptors (Lipinski definition) is 1. The first-order valence-electron chi connectivity index (χ1n) is 0.651. The van der Waals surface area contributed by atoms with Crippen LogP contribution < -0.4 is 0 Å². The molecule has 32 valence electrons. The molecule has 6 heavy (non-hydrogen) atoms. The van der Waals surface area contributed by atoms with Crippen LogP contribution in [0.25, 0.3) is 0 Å². The second-order valence-electron chi connectivity index (χ2n) is 0.283. The Morgan fingerprint density at radius 1 is 1.33 bits per heavy atom. The van der Waals surface area contributed by atoms with Crippen LogP contribution in [-0.2, 0) is 0 Å². The molecule has 0 fully saturated rings. The first kappa shape index (κ1) is 16.0. The second-order valence-corrected chi connectivity index (χ2v) is 0.283. The van der Waals surface area contributed by atoms with Crippen molar-refractivity contribution in [3.63, 3.8) is 0 Å². The van der Waals surface area contributed by atoms with Crippen molar-refractivity contribution in [2.75, 3.05) is 0 Å². The van der Waals surface area contributed by atoms with E-state index in [-0.39, 0.29) is 46.8 Å². The molecule has 0 aromatic carbocycles. The van der Waals surface area contributed by atoms with E-state index < -0.39 is 6.16 Å². The molecule has 0 aromatic heterocycles. The van der Waals surface area contributed by atoms with Crippen LogP contribution >= 0.6 is 0 Å². The van der Waals surface area contributed by atoms with E-state index in [1.807, 2.05) is 0 Å². The van der Waals surface area contributed by atoms with Crippen LogP contribution in [0.2, 0.25) is 0 Å². The number of carbonyl (C=O) groups is 1. The first-order chi connectivity index (χ1) is 1.73. The Bertz CT molecular complexity index is 30.5. The van der Waals surface area contributed by atoms with Crippen molar-refractivity contribution in [1.29, 1.82) is 0 Å². The van der Waals surface area contributed by atoms with Gasteiger partial charge in [0, 0.05) is 0 Å². The van der Waals surface area contributed by atoms with Gasteiger partial charge in [0.1, 0.15) is 0 Å². The molecule has 0 aliphatic heterocycles. The molecule has 0 rings (SSSR count). The molecule has 0 spiro atoms. The average molecular weight is 221 g/mol. The van der Waals surface area contributed by atoms with Gasteiger partial charge in [0.25, 0.3) is 0 Å². The fourth-order valence-electron chi connectivity index (χ4n) is 0. The fourth-order valence-corrected chi connectivity index (χ4v) is 0. The van der Waals surface area contributed by atoms with Crippen molar-refractivity contribution in [2.45, 2.75) is 0 Å². The smallest absolute Gasteiger partial charge is 0.450 e. The zero-order chi connectivity index (χ0) is 3.58. The molecule has 0 atom stereocenters. The molecule has 5 heteroatoms. The summed E-state index contributed by atoms with van der Waals surface area (Å²) < 4.78 is 0. The summed E-state index contributed by atoms with van der Waals surface area (Å²) in [6.45, 7) is 0. The molecular weight excluding hydrogens is 217 g/mol. The third kappa shape index (κ3) is 168. The van der Waals surface area contributed by atoms with Crippen LogP contribution in [0.1, 0.15) is 0 Å². The maximum absolute atomic E-state index is 8.56. The minimum atomic E-state index is -1.83. The van der Waals surface area contributed by atoms with Crippen LogP contribution in [0.4, 0.5) is 4.79 Å². The van der Waals surface area contributed by atoms with Crippen LogP contribution in [0.5, 0.6) is 0 Å². The summed E-state index contributed by atoms with van der Waals surface area (Å²) >= 11 is 0. The van der Waals surface area contributed by atoms with E-state index in [0.29, 0.717) is 0 Å². The van der Waals surface area contributed by atoms with Gasteiger partial charge in [-0.25, -0.2) is 4.79 Å². The second kappa shape index (κ2) is 9.14. The minimum absolute atomic E-state index is 0. The van der Waals surface area contributed by atoms with Crippen molar-refractivity contribution in [2.24, 2.45) is 0 Å². The normalized spacial score (nSPS) is 4.00. The van der Waals surface area contributed by atoms with E-state index >= 15 is 0 Å². The predicted molar refractivity (Wildman–Crippen MR) is 14.3 cm³/mol. The molecule has 0 unspecified atom stereocenters. The number of hydrogen-bond donors (Lipinski definition) is 2. The van der Waals surface area contributed by atoms with Crippen LogP contribution in [-0.4, -0.2) is 21.8 Å². The van der Waals surface area contributed by atoms with Gasteiger partial charge in [-0.15, -0.1) is 0 Å². The van der Waals surface area contributed by atoms with Gasteiger partial charge >= 0.3 is 47.4 Å². The maximum Gasteiger partial charge on any atom is 3.00 e. The van der Waals surface area contributed by atoms with Gasteiger partial charge in [-0.05, 0) is 0 Å². The summed E-state index contributed by atoms with van der Waals surface area (Å²) in [5.41, 5.74) is 0. The van der Waals surface area contributed by atoms with Gasteiger partial charge in [-0.1, -0.05) is 0 Å². The number of carboxylic acid groups (broad SMARTS) is 2. The molecular formula is CH4O4Pr+3. The summed E-state index contributed by atoms with van der Waals surface area (Å²) in [5.74, 6) is 0. The van der Waals surface area contributed by atoms with E-state index in [2.05, 4.69) is 0 Å². The monoisotopic (exact) mass is 221 g/mol. The van der Waals surface area contributed by atoms with Crippen molar-refractivity contribution in [3.05, 3.63) is 0 Å². The van der Waals surface area contributed by atoms with Crippen LogP contribution in [0.15, 0.2) is 0 Å². The van der Waals surface area contributed by atoms with Gasteiger partial charge in [0.05, 0.1) is 0 Å². The largest absolute Gasteiger partial charge is 3.00 e. The third-order valence-corrected chi connectivity index (χ3v) is 0. The predicted octanol–water partition coefficient (Wildman–Crippen LogP) is -0.602. The molecule has 0 radical (unpaired) electrons. The quantitative estimate of drug-likeness (QED) is 0.572. The molecule has 0 heterocycles. The number of rotatable bonds is 0. The van der Waals surface area contributed by atoms with Gasteiger partial charge < -0.3 is 15.7 Å². The molecule has 0 aromatic rings. The Labute approximate surface area is 67.4 Å². The Balaban J connectivity index is -0.0000000450. The van der Waals surface area contributed by atoms with Crippen molar-refractivity contribution >= 4 is 6.16 Å². The topological polar surface area (TPSA) is 89.0 Å². The van der Waals surface area contributed by atoms with Crippen LogP contribution in [0.3, 0.4) is 0 Å². The van der Waals surface area contributed by atoms with Crippen molar-refractivity contribution in [1.82, 2.24) is 0 Å². The Morgan fingerprint density at radius 3 is 1.33 bits per heavy atom. The molecule has 4 nitrogen and oxygen atoms in total. The zero-order valence-electron chi connectivity index (χ0n) is 2.88. The van der Waals surface area contributed by atoms with Crippen LogP contribution in [0, 0.1) is 41.3 Å². The Morgan fingerprint density at radius 2 is 1.33 bits per heavy atom. The summed E-state index contributed by atoms with van der Waals surface area (Å²) in [5, 5.41) is 13.9. The maximum atomic E-state index is 8.56. The summed E-state index contributed by atoms with van der Waals surface area (Å²) in [6.07, 6.45) is -1.83. The van der Waals surface area contributed by atoms with Crippen molar-refractivity contribution in [3.8, 4) is 0 Å². The third-order valence-electron chi connectivity index (χ3n) is 0. The van der Waals surface area contributed by atoms with Gasteiger partial charge in [0.2, 0.25) is 0 Å². The average Bonchev–Trinajstić information content (AvgIpc) is 0.811. The first-order valence-corrected chi connectivity index (χ1v) is 0.651. The molecule has 0 saturated carbocycles. The molecule has 4 N–H and O–H groups in total. The summed E-state index contributed by atoms with van der Waals surface area (Å²) in [6, 6.07) is 0. The molecule has 0 aliphatic rings. The van der Waals surface area contributed by atoms with Gasteiger partial charge in [0.15, 0.2) is 0 Å². The van der Waals surface area contributed by atoms with E-state index in [1.165, 1.54) is 0 Å². The SMILES string of the molecule is O.O=C(O)O.[Pr+3]. The molecule has 0 saturated heterocycles. The Kier molecular flexibility index (Phi) is 24.3. The summed E-state index contributed by atoms with van der Waals surface area (Å²) in [7, 11) is 0. The fraction of sp³-hybridized carbons (Fsp3) is 0. The molecule has 0 bridgehead atoms. The summed E-state index contributed by atoms with van der Waals surface area (Å²) in [4.78, 5) is 8.56. The molecule has 0 aliphatic carbocycles. The zero-order valence-corrected chi connectivity index (χ0v) is 6.58. The minimum Gasteiger partial charge on any atom is -0.450 e. The molecule has 0 amide bonds.